The van der Waals surface area contributed by atoms with E-state index in [0.29, 0.717) is 0 Å². The van der Waals surface area contributed by atoms with Crippen molar-refractivity contribution in [2.75, 3.05) is 6.54 Å². The molecule has 0 atom stereocenters. The standard InChI is InChI=1S/C17H28N4OS/c1-4-5-6-7-8-9-10-11-12-18-16(22)15-13(2)21-14(3)19-20-17(21)23-15/h4-12H2,1-3H3,(H,18,22). The highest BCUT2D eigenvalue weighted by molar-refractivity contribution is 7.19. The van der Waals surface area contributed by atoms with Crippen LogP contribution in [0.25, 0.3) is 4.96 Å². The van der Waals surface area contributed by atoms with E-state index in [1.165, 1.54) is 56.3 Å². The number of hydrogen-bond donors (Lipinski definition) is 1. The van der Waals surface area contributed by atoms with Crippen LogP contribution in [0.15, 0.2) is 0 Å². The van der Waals surface area contributed by atoms with Crippen LogP contribution in [0, 0.1) is 13.8 Å². The molecule has 5 nitrogen and oxygen atoms in total. The Balaban J connectivity index is 1.67. The second kappa shape index (κ2) is 9.01. The summed E-state index contributed by atoms with van der Waals surface area (Å²) in [5, 5.41) is 11.1. The third-order valence-electron chi connectivity index (χ3n) is 4.17. The maximum absolute atomic E-state index is 12.3. The molecule has 0 radical (unpaired) electrons. The molecule has 0 aromatic carbocycles. The number of aromatic nitrogens is 3. The number of amides is 1. The van der Waals surface area contributed by atoms with Gasteiger partial charge in [0.2, 0.25) is 4.96 Å². The molecule has 0 aliphatic carbocycles. The first-order valence-electron chi connectivity index (χ1n) is 8.74. The van der Waals surface area contributed by atoms with Gasteiger partial charge in [-0.05, 0) is 20.3 Å². The first-order chi connectivity index (χ1) is 11.1. The van der Waals surface area contributed by atoms with Crippen molar-refractivity contribution >= 4 is 22.2 Å². The molecule has 1 amide bonds. The quantitative estimate of drug-likeness (QED) is 0.659. The Hall–Kier alpha value is -1.43. The Morgan fingerprint density at radius 3 is 2.35 bits per heavy atom. The van der Waals surface area contributed by atoms with E-state index >= 15 is 0 Å². The molecule has 0 bridgehead atoms. The highest BCUT2D eigenvalue weighted by atomic mass is 32.1. The van der Waals surface area contributed by atoms with Crippen molar-refractivity contribution in [3.63, 3.8) is 0 Å². The van der Waals surface area contributed by atoms with E-state index < -0.39 is 0 Å². The largest absolute Gasteiger partial charge is 0.351 e. The van der Waals surface area contributed by atoms with Gasteiger partial charge in [-0.1, -0.05) is 63.2 Å². The van der Waals surface area contributed by atoms with Crippen LogP contribution < -0.4 is 5.32 Å². The van der Waals surface area contributed by atoms with Crippen molar-refractivity contribution in [3.05, 3.63) is 16.4 Å². The molecule has 0 saturated heterocycles. The smallest absolute Gasteiger partial charge is 0.263 e. The van der Waals surface area contributed by atoms with Crippen molar-refractivity contribution in [3.8, 4) is 0 Å². The predicted octanol–water partition coefficient (Wildman–Crippen LogP) is 4.28. The zero-order chi connectivity index (χ0) is 16.7. The normalized spacial score (nSPS) is 11.3. The summed E-state index contributed by atoms with van der Waals surface area (Å²) in [7, 11) is 0. The minimum Gasteiger partial charge on any atom is -0.351 e. The summed E-state index contributed by atoms with van der Waals surface area (Å²) in [6, 6.07) is 0. The molecule has 2 aromatic heterocycles. The molecule has 0 fully saturated rings. The summed E-state index contributed by atoms with van der Waals surface area (Å²) in [4.78, 5) is 13.8. The molecule has 0 spiro atoms. The average Bonchev–Trinajstić information content (AvgIpc) is 3.06. The van der Waals surface area contributed by atoms with Gasteiger partial charge in [0, 0.05) is 12.2 Å². The molecule has 2 rings (SSSR count). The van der Waals surface area contributed by atoms with Crippen LogP contribution in [0.2, 0.25) is 0 Å². The number of thiazole rings is 1. The molecular weight excluding hydrogens is 308 g/mol. The summed E-state index contributed by atoms with van der Waals surface area (Å²) in [6.07, 6.45) is 10.2. The topological polar surface area (TPSA) is 59.3 Å². The van der Waals surface area contributed by atoms with E-state index in [0.717, 1.165) is 34.3 Å². The van der Waals surface area contributed by atoms with Gasteiger partial charge in [0.1, 0.15) is 10.7 Å². The first-order valence-corrected chi connectivity index (χ1v) is 9.56. The Bertz CT molecular complexity index is 632. The number of rotatable bonds is 10. The van der Waals surface area contributed by atoms with Crippen LogP contribution in [0.5, 0.6) is 0 Å². The minimum atomic E-state index is 0.0142. The Kier molecular flexibility index (Phi) is 7.02. The number of aryl methyl sites for hydroxylation is 2. The molecule has 6 heteroatoms. The number of nitrogens with zero attached hydrogens (tertiary/aromatic N) is 3. The van der Waals surface area contributed by atoms with Crippen LogP contribution >= 0.6 is 11.3 Å². The SMILES string of the molecule is CCCCCCCCCCNC(=O)c1sc2nnc(C)n2c1C. The van der Waals surface area contributed by atoms with Crippen molar-refractivity contribution in [2.24, 2.45) is 0 Å². The fourth-order valence-corrected chi connectivity index (χ4v) is 3.84. The fraction of sp³-hybridized carbons (Fsp3) is 0.706. The third-order valence-corrected chi connectivity index (χ3v) is 5.31. The van der Waals surface area contributed by atoms with E-state index in [4.69, 9.17) is 0 Å². The molecule has 0 aliphatic heterocycles. The van der Waals surface area contributed by atoms with Crippen molar-refractivity contribution in [2.45, 2.75) is 72.1 Å². The fourth-order valence-electron chi connectivity index (χ4n) is 2.81. The van der Waals surface area contributed by atoms with Crippen molar-refractivity contribution < 1.29 is 4.79 Å². The van der Waals surface area contributed by atoms with Gasteiger partial charge in [-0.3, -0.25) is 9.20 Å². The van der Waals surface area contributed by atoms with Gasteiger partial charge in [0.05, 0.1) is 0 Å². The molecule has 1 N–H and O–H groups in total. The van der Waals surface area contributed by atoms with Crippen LogP contribution in [-0.2, 0) is 0 Å². The maximum Gasteiger partial charge on any atom is 0.263 e. The number of nitrogens with one attached hydrogen (secondary N) is 1. The Morgan fingerprint density at radius 1 is 1.04 bits per heavy atom. The first kappa shape index (κ1) is 17.9. The summed E-state index contributed by atoms with van der Waals surface area (Å²) < 4.78 is 1.94. The summed E-state index contributed by atoms with van der Waals surface area (Å²) in [5.41, 5.74) is 0.931. The molecule has 0 unspecified atom stereocenters. The van der Waals surface area contributed by atoms with E-state index in [9.17, 15) is 4.79 Å². The monoisotopic (exact) mass is 336 g/mol. The van der Waals surface area contributed by atoms with Crippen LogP contribution in [0.1, 0.15) is 79.5 Å². The zero-order valence-electron chi connectivity index (χ0n) is 14.5. The average molecular weight is 337 g/mol. The van der Waals surface area contributed by atoms with Gasteiger partial charge in [-0.15, -0.1) is 10.2 Å². The van der Waals surface area contributed by atoms with E-state index in [1.807, 2.05) is 18.2 Å². The summed E-state index contributed by atoms with van der Waals surface area (Å²) in [6.45, 7) is 6.85. The Morgan fingerprint density at radius 2 is 1.70 bits per heavy atom. The summed E-state index contributed by atoms with van der Waals surface area (Å²) in [5.74, 6) is 0.844. The number of carbonyl (C=O) groups excluding carboxylic acids is 1. The third kappa shape index (κ3) is 4.77. The van der Waals surface area contributed by atoms with Crippen molar-refractivity contribution in [1.29, 1.82) is 0 Å². The number of fused-ring (bicyclic) bond motifs is 1. The van der Waals surface area contributed by atoms with E-state index in [-0.39, 0.29) is 5.91 Å². The zero-order valence-corrected chi connectivity index (χ0v) is 15.3. The van der Waals surface area contributed by atoms with Crippen LogP contribution in [0.4, 0.5) is 0 Å². The molecule has 0 aliphatic rings. The molecular formula is C17H28N4OS. The van der Waals surface area contributed by atoms with E-state index in [1.54, 1.807) is 0 Å². The number of carbonyl (C=O) groups is 1. The minimum absolute atomic E-state index is 0.0142. The highest BCUT2D eigenvalue weighted by Gasteiger charge is 2.17. The maximum atomic E-state index is 12.3. The molecule has 128 valence electrons. The molecule has 23 heavy (non-hydrogen) atoms. The highest BCUT2D eigenvalue weighted by Crippen LogP contribution is 2.22. The Labute approximate surface area is 142 Å². The van der Waals surface area contributed by atoms with Crippen LogP contribution in [-0.4, -0.2) is 27.0 Å². The number of unbranched alkanes of at least 4 members (excludes halogenated alkanes) is 7. The lowest BCUT2D eigenvalue weighted by molar-refractivity contribution is 0.0956. The van der Waals surface area contributed by atoms with Crippen molar-refractivity contribution in [1.82, 2.24) is 19.9 Å². The van der Waals surface area contributed by atoms with Gasteiger partial charge in [-0.2, -0.15) is 0 Å². The lowest BCUT2D eigenvalue weighted by Crippen LogP contribution is -2.24. The number of hydrogen-bond acceptors (Lipinski definition) is 4. The predicted molar refractivity (Wildman–Crippen MR) is 95.3 cm³/mol. The molecule has 2 heterocycles. The van der Waals surface area contributed by atoms with Gasteiger partial charge >= 0.3 is 0 Å². The lowest BCUT2D eigenvalue weighted by Gasteiger charge is -2.05. The van der Waals surface area contributed by atoms with Gasteiger partial charge in [-0.25, -0.2) is 0 Å². The van der Waals surface area contributed by atoms with Gasteiger partial charge in [0.25, 0.3) is 5.91 Å². The second-order valence-electron chi connectivity index (χ2n) is 6.11. The molecule has 0 saturated carbocycles. The van der Waals surface area contributed by atoms with Gasteiger partial charge in [0.15, 0.2) is 0 Å². The lowest BCUT2D eigenvalue weighted by atomic mass is 10.1. The van der Waals surface area contributed by atoms with Crippen LogP contribution in [0.3, 0.4) is 0 Å². The summed E-state index contributed by atoms with van der Waals surface area (Å²) >= 11 is 1.41. The molecule has 2 aromatic rings. The van der Waals surface area contributed by atoms with Gasteiger partial charge < -0.3 is 5.32 Å². The van der Waals surface area contributed by atoms with E-state index in [2.05, 4.69) is 22.4 Å². The second-order valence-corrected chi connectivity index (χ2v) is 7.09.